The molecule has 0 unspecified atom stereocenters. The van der Waals surface area contributed by atoms with Gasteiger partial charge in [0.1, 0.15) is 6.04 Å². The summed E-state index contributed by atoms with van der Waals surface area (Å²) in [6, 6.07) is -0.546. The van der Waals surface area contributed by atoms with E-state index in [0.717, 1.165) is 12.2 Å². The van der Waals surface area contributed by atoms with E-state index in [1.54, 1.807) is 0 Å². The normalized spacial score (nSPS) is 29.9. The number of carbonyl (C=O) groups is 2. The van der Waals surface area contributed by atoms with Crippen LogP contribution in [0.15, 0.2) is 12.2 Å². The maximum Gasteiger partial charge on any atom is 0.390 e. The van der Waals surface area contributed by atoms with Crippen molar-refractivity contribution >= 4 is 11.9 Å². The number of hydrogen-bond donors (Lipinski definition) is 2. The van der Waals surface area contributed by atoms with Crippen molar-refractivity contribution in [2.75, 3.05) is 6.54 Å². The summed E-state index contributed by atoms with van der Waals surface area (Å²) < 4.78 is 9.19. The lowest BCUT2D eigenvalue weighted by molar-refractivity contribution is -0.339. The molecule has 0 aromatic heterocycles. The summed E-state index contributed by atoms with van der Waals surface area (Å²) in [5, 5.41) is 12.5. The average molecular weight is 199 g/mol. The summed E-state index contributed by atoms with van der Waals surface area (Å²) in [6.07, 6.45) is 2.41. The van der Waals surface area contributed by atoms with Gasteiger partial charge >= 0.3 is 17.9 Å². The number of hydrogen-bond acceptors (Lipinski definition) is 6. The third-order valence-corrected chi connectivity index (χ3v) is 2.11. The molecule has 76 valence electrons. The quantitative estimate of drug-likeness (QED) is 0.508. The van der Waals surface area contributed by atoms with Crippen LogP contribution in [-0.4, -0.2) is 35.6 Å². The van der Waals surface area contributed by atoms with Gasteiger partial charge in [-0.3, -0.25) is 0 Å². The first kappa shape index (κ1) is 9.17. The standard InChI is InChI=1S/C8H9NO5/c10-6-1-2-7(11)14-8(12,13-6)5-3-4-9-5/h1-2,5,9,12H,3-4H2/t5-/m0/s1. The summed E-state index contributed by atoms with van der Waals surface area (Å²) in [5.74, 6) is -3.77. The Labute approximate surface area is 79.5 Å². The first-order valence-corrected chi connectivity index (χ1v) is 4.20. The Morgan fingerprint density at radius 2 is 1.86 bits per heavy atom. The molecule has 0 aromatic rings. The van der Waals surface area contributed by atoms with Crippen LogP contribution in [-0.2, 0) is 19.1 Å². The smallest absolute Gasteiger partial charge is 0.390 e. The van der Waals surface area contributed by atoms with Crippen molar-refractivity contribution in [1.29, 1.82) is 0 Å². The molecule has 6 nitrogen and oxygen atoms in total. The van der Waals surface area contributed by atoms with Crippen LogP contribution in [0.2, 0.25) is 0 Å². The topological polar surface area (TPSA) is 84.9 Å². The van der Waals surface area contributed by atoms with Gasteiger partial charge in [-0.25, -0.2) is 9.59 Å². The Kier molecular flexibility index (Phi) is 2.01. The van der Waals surface area contributed by atoms with Gasteiger partial charge in [0.05, 0.1) is 0 Å². The number of ether oxygens (including phenoxy) is 2. The molecule has 0 spiro atoms. The van der Waals surface area contributed by atoms with Gasteiger partial charge in [0.25, 0.3) is 0 Å². The third kappa shape index (κ3) is 1.49. The van der Waals surface area contributed by atoms with Gasteiger partial charge in [-0.1, -0.05) is 0 Å². The van der Waals surface area contributed by atoms with E-state index >= 15 is 0 Å². The minimum absolute atomic E-state index is 0.546. The lowest BCUT2D eigenvalue weighted by Gasteiger charge is -2.38. The van der Waals surface area contributed by atoms with Crippen LogP contribution in [0.5, 0.6) is 0 Å². The second-order valence-corrected chi connectivity index (χ2v) is 3.10. The molecule has 14 heavy (non-hydrogen) atoms. The number of nitrogens with one attached hydrogen (secondary N) is 1. The molecule has 0 saturated carbocycles. The van der Waals surface area contributed by atoms with Crippen molar-refractivity contribution in [2.24, 2.45) is 0 Å². The zero-order valence-electron chi connectivity index (χ0n) is 7.23. The highest BCUT2D eigenvalue weighted by molar-refractivity contribution is 5.93. The maximum atomic E-state index is 11.0. The molecule has 0 amide bonds. The zero-order chi connectivity index (χ0) is 10.2. The van der Waals surface area contributed by atoms with E-state index in [1.165, 1.54) is 0 Å². The first-order chi connectivity index (χ1) is 6.60. The highest BCUT2D eigenvalue weighted by Crippen LogP contribution is 2.24. The van der Waals surface area contributed by atoms with Crippen LogP contribution >= 0.6 is 0 Å². The SMILES string of the molecule is O=C1C=CC(=O)OC(O)([C@@H]2CCN2)O1. The van der Waals surface area contributed by atoms with E-state index < -0.39 is 24.0 Å². The van der Waals surface area contributed by atoms with Crippen molar-refractivity contribution in [2.45, 2.75) is 18.4 Å². The molecule has 2 rings (SSSR count). The van der Waals surface area contributed by atoms with Crippen LogP contribution in [0.25, 0.3) is 0 Å². The van der Waals surface area contributed by atoms with Gasteiger partial charge in [-0.05, 0) is 13.0 Å². The Bertz CT molecular complexity index is 287. The molecule has 2 aliphatic heterocycles. The predicted octanol–water partition coefficient (Wildman–Crippen LogP) is -1.35. The second-order valence-electron chi connectivity index (χ2n) is 3.10. The predicted molar refractivity (Wildman–Crippen MR) is 42.7 cm³/mol. The fraction of sp³-hybridized carbons (Fsp3) is 0.500. The van der Waals surface area contributed by atoms with E-state index in [2.05, 4.69) is 14.8 Å². The molecule has 6 heteroatoms. The molecule has 0 bridgehead atoms. The van der Waals surface area contributed by atoms with Crippen LogP contribution < -0.4 is 5.32 Å². The summed E-state index contributed by atoms with van der Waals surface area (Å²) in [7, 11) is 0. The summed E-state index contributed by atoms with van der Waals surface area (Å²) >= 11 is 0. The molecule has 1 fully saturated rings. The van der Waals surface area contributed by atoms with Crippen molar-refractivity contribution in [3.63, 3.8) is 0 Å². The molecule has 1 atom stereocenters. The first-order valence-electron chi connectivity index (χ1n) is 4.20. The van der Waals surface area contributed by atoms with Gasteiger partial charge in [0.2, 0.25) is 0 Å². The third-order valence-electron chi connectivity index (χ3n) is 2.11. The monoisotopic (exact) mass is 199 g/mol. The number of cyclic esters (lactones) is 2. The average Bonchev–Trinajstić information content (AvgIpc) is 2.06. The van der Waals surface area contributed by atoms with E-state index in [4.69, 9.17) is 0 Å². The molecule has 1 saturated heterocycles. The number of aliphatic hydroxyl groups is 1. The Hall–Kier alpha value is -1.40. The van der Waals surface area contributed by atoms with Crippen molar-refractivity contribution in [3.8, 4) is 0 Å². The summed E-state index contributed by atoms with van der Waals surface area (Å²) in [4.78, 5) is 21.9. The summed E-state index contributed by atoms with van der Waals surface area (Å²) in [6.45, 7) is 0.690. The van der Waals surface area contributed by atoms with Gasteiger partial charge in [0, 0.05) is 12.2 Å². The van der Waals surface area contributed by atoms with E-state index in [-0.39, 0.29) is 0 Å². The minimum Gasteiger partial charge on any atom is -0.394 e. The fourth-order valence-electron chi connectivity index (χ4n) is 1.26. The highest BCUT2D eigenvalue weighted by atomic mass is 16.8. The highest BCUT2D eigenvalue weighted by Gasteiger charge is 2.48. The van der Waals surface area contributed by atoms with Gasteiger partial charge in [0.15, 0.2) is 0 Å². The Morgan fingerprint density at radius 3 is 2.21 bits per heavy atom. The number of esters is 2. The lowest BCUT2D eigenvalue weighted by atomic mass is 10.1. The zero-order valence-corrected chi connectivity index (χ0v) is 7.23. The minimum atomic E-state index is -2.17. The van der Waals surface area contributed by atoms with Crippen LogP contribution in [0.1, 0.15) is 6.42 Å². The van der Waals surface area contributed by atoms with Crippen LogP contribution in [0, 0.1) is 0 Å². The maximum absolute atomic E-state index is 11.0. The largest absolute Gasteiger partial charge is 0.394 e. The fourth-order valence-corrected chi connectivity index (χ4v) is 1.26. The van der Waals surface area contributed by atoms with Gasteiger partial charge in [-0.2, -0.15) is 0 Å². The van der Waals surface area contributed by atoms with E-state index in [0.29, 0.717) is 13.0 Å². The van der Waals surface area contributed by atoms with Gasteiger partial charge < -0.3 is 19.9 Å². The molecular weight excluding hydrogens is 190 g/mol. The molecule has 2 heterocycles. The van der Waals surface area contributed by atoms with Crippen molar-refractivity contribution in [3.05, 3.63) is 12.2 Å². The van der Waals surface area contributed by atoms with E-state index in [9.17, 15) is 14.7 Å². The molecule has 0 aliphatic carbocycles. The lowest BCUT2D eigenvalue weighted by Crippen LogP contribution is -2.62. The Balaban J connectivity index is 2.17. The summed E-state index contributed by atoms with van der Waals surface area (Å²) in [5.41, 5.74) is 0. The van der Waals surface area contributed by atoms with E-state index in [1.807, 2.05) is 0 Å². The van der Waals surface area contributed by atoms with Crippen molar-refractivity contribution in [1.82, 2.24) is 5.32 Å². The number of rotatable bonds is 1. The molecule has 0 radical (unpaired) electrons. The number of carbonyl (C=O) groups excluding carboxylic acids is 2. The molecule has 2 aliphatic rings. The van der Waals surface area contributed by atoms with Gasteiger partial charge in [-0.15, -0.1) is 0 Å². The Morgan fingerprint density at radius 1 is 1.36 bits per heavy atom. The molecular formula is C8H9NO5. The van der Waals surface area contributed by atoms with Crippen LogP contribution in [0.3, 0.4) is 0 Å². The van der Waals surface area contributed by atoms with Crippen molar-refractivity contribution < 1.29 is 24.2 Å². The molecule has 2 N–H and O–H groups in total. The molecule has 0 aromatic carbocycles. The second kappa shape index (κ2) is 3.07. The van der Waals surface area contributed by atoms with Crippen LogP contribution in [0.4, 0.5) is 0 Å².